The van der Waals surface area contributed by atoms with Crippen LogP contribution in [0.25, 0.3) is 5.69 Å². The average Bonchev–Trinajstić information content (AvgIpc) is 3.18. The zero-order valence-electron chi connectivity index (χ0n) is 16.0. The highest BCUT2D eigenvalue weighted by Crippen LogP contribution is 2.12. The van der Waals surface area contributed by atoms with Crippen LogP contribution in [0.4, 0.5) is 0 Å². The second-order valence-electron chi connectivity index (χ2n) is 6.88. The van der Waals surface area contributed by atoms with Crippen LogP contribution in [0.15, 0.2) is 78.2 Å². The van der Waals surface area contributed by atoms with E-state index in [1.54, 1.807) is 23.9 Å². The second-order valence-corrected chi connectivity index (χ2v) is 6.88. The van der Waals surface area contributed by atoms with Gasteiger partial charge in [0.25, 0.3) is 5.56 Å². The minimum atomic E-state index is -0.109. The van der Waals surface area contributed by atoms with Crippen molar-refractivity contribution in [1.29, 1.82) is 5.26 Å². The van der Waals surface area contributed by atoms with E-state index in [4.69, 9.17) is 5.26 Å². The Morgan fingerprint density at radius 3 is 2.45 bits per heavy atom. The third-order valence-electron chi connectivity index (χ3n) is 4.75. The van der Waals surface area contributed by atoms with Crippen LogP contribution in [0.3, 0.4) is 0 Å². The number of nitrogens with zero attached hydrogens (tertiary/aromatic N) is 5. The topological polar surface area (TPSA) is 76.5 Å². The molecule has 2 heterocycles. The van der Waals surface area contributed by atoms with Crippen molar-refractivity contribution >= 4 is 0 Å². The SMILES string of the molecule is Cc1nccn(-c2ccc(Cn3cnc(Cc4ccc(C#N)cc4)c3)cc2)c1=O. The predicted molar refractivity (Wildman–Crippen MR) is 110 cm³/mol. The van der Waals surface area contributed by atoms with Crippen LogP contribution in [-0.4, -0.2) is 19.1 Å². The van der Waals surface area contributed by atoms with Gasteiger partial charge in [-0.05, 0) is 42.3 Å². The number of benzene rings is 2. The lowest BCUT2D eigenvalue weighted by Crippen LogP contribution is -2.20. The smallest absolute Gasteiger partial charge is 0.276 e. The number of rotatable bonds is 5. The number of aromatic nitrogens is 4. The molecule has 0 fully saturated rings. The van der Waals surface area contributed by atoms with E-state index >= 15 is 0 Å². The Kier molecular flexibility index (Phi) is 5.04. The molecule has 2 aromatic carbocycles. The van der Waals surface area contributed by atoms with Gasteiger partial charge in [0.2, 0.25) is 0 Å². The van der Waals surface area contributed by atoms with Crippen LogP contribution in [0.1, 0.15) is 28.1 Å². The normalized spacial score (nSPS) is 10.6. The average molecular weight is 381 g/mol. The maximum Gasteiger partial charge on any atom is 0.276 e. The van der Waals surface area contributed by atoms with Gasteiger partial charge in [0.1, 0.15) is 5.69 Å². The minimum Gasteiger partial charge on any atom is -0.333 e. The summed E-state index contributed by atoms with van der Waals surface area (Å²) in [4.78, 5) is 20.7. The van der Waals surface area contributed by atoms with Crippen LogP contribution >= 0.6 is 0 Å². The Hall–Kier alpha value is -3.98. The fraction of sp³-hybridized carbons (Fsp3) is 0.130. The Morgan fingerprint density at radius 1 is 1.00 bits per heavy atom. The molecule has 0 spiro atoms. The molecule has 0 radical (unpaired) electrons. The van der Waals surface area contributed by atoms with Crippen molar-refractivity contribution in [3.63, 3.8) is 0 Å². The van der Waals surface area contributed by atoms with E-state index in [2.05, 4.69) is 16.0 Å². The number of aryl methyl sites for hydroxylation is 1. The summed E-state index contributed by atoms with van der Waals surface area (Å²) in [5.74, 6) is 0. The van der Waals surface area contributed by atoms with Gasteiger partial charge in [-0.3, -0.25) is 14.3 Å². The number of imidazole rings is 1. The molecule has 0 aliphatic rings. The van der Waals surface area contributed by atoms with E-state index in [1.807, 2.05) is 65.6 Å². The third-order valence-corrected chi connectivity index (χ3v) is 4.75. The first kappa shape index (κ1) is 18.4. The first-order chi connectivity index (χ1) is 14.1. The van der Waals surface area contributed by atoms with Gasteiger partial charge in [0.05, 0.1) is 23.7 Å². The second kappa shape index (κ2) is 7.95. The Labute approximate surface area is 168 Å². The maximum atomic E-state index is 12.2. The molecule has 2 aromatic heterocycles. The van der Waals surface area contributed by atoms with Crippen molar-refractivity contribution in [3.05, 3.63) is 112 Å². The molecular weight excluding hydrogens is 362 g/mol. The predicted octanol–water partition coefficient (Wildman–Crippen LogP) is 3.25. The molecule has 4 rings (SSSR count). The molecule has 0 unspecified atom stereocenters. The summed E-state index contributed by atoms with van der Waals surface area (Å²) >= 11 is 0. The van der Waals surface area contributed by atoms with Crippen LogP contribution in [0, 0.1) is 18.3 Å². The Balaban J connectivity index is 1.45. The highest BCUT2D eigenvalue weighted by molar-refractivity contribution is 5.35. The monoisotopic (exact) mass is 381 g/mol. The summed E-state index contributed by atoms with van der Waals surface area (Å²) in [5, 5.41) is 8.88. The van der Waals surface area contributed by atoms with Crippen molar-refractivity contribution < 1.29 is 0 Å². The van der Waals surface area contributed by atoms with Crippen molar-refractivity contribution in [2.75, 3.05) is 0 Å². The lowest BCUT2D eigenvalue weighted by atomic mass is 10.1. The highest BCUT2D eigenvalue weighted by atomic mass is 16.1. The first-order valence-electron chi connectivity index (χ1n) is 9.25. The van der Waals surface area contributed by atoms with Gasteiger partial charge in [0, 0.05) is 37.2 Å². The summed E-state index contributed by atoms with van der Waals surface area (Å²) in [5.41, 5.74) is 5.06. The number of hydrogen-bond acceptors (Lipinski definition) is 4. The number of nitriles is 1. The van der Waals surface area contributed by atoms with E-state index in [-0.39, 0.29) is 5.56 Å². The molecule has 0 saturated heterocycles. The van der Waals surface area contributed by atoms with Crippen LogP contribution < -0.4 is 5.56 Å². The van der Waals surface area contributed by atoms with Crippen molar-refractivity contribution in [1.82, 2.24) is 19.1 Å². The van der Waals surface area contributed by atoms with Crippen molar-refractivity contribution in [2.45, 2.75) is 19.9 Å². The molecule has 0 atom stereocenters. The van der Waals surface area contributed by atoms with Crippen LogP contribution in [-0.2, 0) is 13.0 Å². The summed E-state index contributed by atoms with van der Waals surface area (Å²) in [6, 6.07) is 17.6. The van der Waals surface area contributed by atoms with Crippen molar-refractivity contribution in [3.8, 4) is 11.8 Å². The van der Waals surface area contributed by atoms with Crippen molar-refractivity contribution in [2.24, 2.45) is 0 Å². The van der Waals surface area contributed by atoms with E-state index in [9.17, 15) is 4.79 Å². The summed E-state index contributed by atoms with van der Waals surface area (Å²) in [7, 11) is 0. The summed E-state index contributed by atoms with van der Waals surface area (Å²) in [6.45, 7) is 2.41. The van der Waals surface area contributed by atoms with Crippen LogP contribution in [0.5, 0.6) is 0 Å². The fourth-order valence-electron chi connectivity index (χ4n) is 3.18. The number of hydrogen-bond donors (Lipinski definition) is 0. The molecule has 6 nitrogen and oxygen atoms in total. The molecule has 0 aliphatic heterocycles. The zero-order chi connectivity index (χ0) is 20.2. The van der Waals surface area contributed by atoms with E-state index in [0.29, 0.717) is 17.8 Å². The molecule has 0 N–H and O–H groups in total. The Morgan fingerprint density at radius 2 is 1.72 bits per heavy atom. The van der Waals surface area contributed by atoms with Gasteiger partial charge in [-0.25, -0.2) is 4.98 Å². The van der Waals surface area contributed by atoms with E-state index in [0.717, 1.165) is 28.9 Å². The van der Waals surface area contributed by atoms with Gasteiger partial charge in [0.15, 0.2) is 0 Å². The molecule has 6 heteroatoms. The largest absolute Gasteiger partial charge is 0.333 e. The Bertz CT molecular complexity index is 1230. The maximum absolute atomic E-state index is 12.2. The van der Waals surface area contributed by atoms with Gasteiger partial charge in [-0.1, -0.05) is 24.3 Å². The molecule has 0 saturated carbocycles. The molecule has 4 aromatic rings. The molecule has 29 heavy (non-hydrogen) atoms. The third kappa shape index (κ3) is 4.14. The lowest BCUT2D eigenvalue weighted by Gasteiger charge is -2.08. The lowest BCUT2D eigenvalue weighted by molar-refractivity contribution is 0.795. The van der Waals surface area contributed by atoms with E-state index < -0.39 is 0 Å². The molecule has 0 bridgehead atoms. The van der Waals surface area contributed by atoms with Gasteiger partial charge in [-0.15, -0.1) is 0 Å². The summed E-state index contributed by atoms with van der Waals surface area (Å²) < 4.78 is 3.63. The summed E-state index contributed by atoms with van der Waals surface area (Å²) in [6.07, 6.45) is 7.88. The zero-order valence-corrected chi connectivity index (χ0v) is 16.0. The highest BCUT2D eigenvalue weighted by Gasteiger charge is 2.05. The fourth-order valence-corrected chi connectivity index (χ4v) is 3.18. The van der Waals surface area contributed by atoms with Gasteiger partial charge >= 0.3 is 0 Å². The molecular formula is C23H19N5O. The quantitative estimate of drug-likeness (QED) is 0.532. The van der Waals surface area contributed by atoms with Gasteiger partial charge in [-0.2, -0.15) is 5.26 Å². The van der Waals surface area contributed by atoms with Gasteiger partial charge < -0.3 is 4.57 Å². The van der Waals surface area contributed by atoms with E-state index in [1.165, 1.54) is 0 Å². The first-order valence-corrected chi connectivity index (χ1v) is 9.25. The standard InChI is InChI=1S/C23H19N5O/c1-17-23(29)28(11-10-25-17)22-8-6-20(7-9-22)14-27-15-21(26-16-27)12-18-2-4-19(13-24)5-3-18/h2-11,15-16H,12,14H2,1H3. The van der Waals surface area contributed by atoms with Crippen LogP contribution in [0.2, 0.25) is 0 Å². The molecule has 142 valence electrons. The molecule has 0 amide bonds. The minimum absolute atomic E-state index is 0.109. The molecule has 0 aliphatic carbocycles.